The average molecular weight is 258 g/mol. The highest BCUT2D eigenvalue weighted by Crippen LogP contribution is 2.26. The van der Waals surface area contributed by atoms with Crippen molar-refractivity contribution in [2.45, 2.75) is 20.8 Å². The lowest BCUT2D eigenvalue weighted by molar-refractivity contribution is 0.103. The van der Waals surface area contributed by atoms with Crippen LogP contribution in [0.5, 0.6) is 5.75 Å². The summed E-state index contributed by atoms with van der Waals surface area (Å²) in [6, 6.07) is 5.07. The Morgan fingerprint density at radius 3 is 2.42 bits per heavy atom. The van der Waals surface area contributed by atoms with E-state index in [9.17, 15) is 4.79 Å². The van der Waals surface area contributed by atoms with E-state index >= 15 is 0 Å². The first-order valence-corrected chi connectivity index (χ1v) is 6.09. The van der Waals surface area contributed by atoms with Gasteiger partial charge in [0.25, 0.3) is 0 Å². The Hall–Kier alpha value is -2.23. The van der Waals surface area contributed by atoms with Gasteiger partial charge in [-0.25, -0.2) is 0 Å². The second kappa shape index (κ2) is 4.80. The molecule has 0 unspecified atom stereocenters. The molecule has 19 heavy (non-hydrogen) atoms. The third kappa shape index (κ3) is 2.21. The average Bonchev–Trinajstić information content (AvgIpc) is 2.65. The monoisotopic (exact) mass is 258 g/mol. The number of aromatic nitrogens is 1. The van der Waals surface area contributed by atoms with Crippen molar-refractivity contribution in [1.82, 2.24) is 4.98 Å². The number of hydrogen-bond donors (Lipinski definition) is 2. The van der Waals surface area contributed by atoms with E-state index in [1.165, 1.54) is 0 Å². The Kier molecular flexibility index (Phi) is 3.34. The molecule has 1 aromatic heterocycles. The topological polar surface area (TPSA) is 68.1 Å². The third-order valence-corrected chi connectivity index (χ3v) is 3.51. The van der Waals surface area contributed by atoms with E-state index in [4.69, 9.17) is 10.5 Å². The predicted molar refractivity (Wildman–Crippen MR) is 75.8 cm³/mol. The highest BCUT2D eigenvalue weighted by molar-refractivity contribution is 6.11. The lowest BCUT2D eigenvalue weighted by Gasteiger charge is -2.08. The van der Waals surface area contributed by atoms with E-state index in [1.807, 2.05) is 20.8 Å². The van der Waals surface area contributed by atoms with Gasteiger partial charge in [-0.1, -0.05) is 0 Å². The van der Waals surface area contributed by atoms with Crippen LogP contribution in [0, 0.1) is 20.8 Å². The van der Waals surface area contributed by atoms with Crippen LogP contribution >= 0.6 is 0 Å². The van der Waals surface area contributed by atoms with Crippen LogP contribution in [0.15, 0.2) is 18.2 Å². The van der Waals surface area contributed by atoms with E-state index in [0.29, 0.717) is 22.7 Å². The van der Waals surface area contributed by atoms with E-state index in [2.05, 4.69) is 4.98 Å². The number of nitrogens with two attached hydrogens (primary N) is 1. The molecule has 0 spiro atoms. The molecule has 1 heterocycles. The van der Waals surface area contributed by atoms with Crippen molar-refractivity contribution in [3.05, 3.63) is 46.3 Å². The van der Waals surface area contributed by atoms with Crippen LogP contribution < -0.4 is 10.5 Å². The number of H-pyrrole nitrogens is 1. The number of anilines is 1. The number of carbonyl (C=O) groups excluding carboxylic acids is 1. The highest BCUT2D eigenvalue weighted by atomic mass is 16.5. The summed E-state index contributed by atoms with van der Waals surface area (Å²) in [6.45, 7) is 5.88. The molecule has 1 aromatic carbocycles. The van der Waals surface area contributed by atoms with Gasteiger partial charge >= 0.3 is 0 Å². The number of nitrogen functional groups attached to an aromatic ring is 1. The number of benzene rings is 1. The first-order valence-electron chi connectivity index (χ1n) is 6.09. The summed E-state index contributed by atoms with van der Waals surface area (Å²) in [5.74, 6) is 0.432. The maximum absolute atomic E-state index is 12.6. The van der Waals surface area contributed by atoms with Crippen LogP contribution in [-0.2, 0) is 0 Å². The van der Waals surface area contributed by atoms with E-state index < -0.39 is 0 Å². The summed E-state index contributed by atoms with van der Waals surface area (Å²) in [5.41, 5.74) is 10.4. The van der Waals surface area contributed by atoms with Gasteiger partial charge in [0.1, 0.15) is 5.75 Å². The van der Waals surface area contributed by atoms with Crippen molar-refractivity contribution in [2.75, 3.05) is 12.8 Å². The Morgan fingerprint density at radius 2 is 1.89 bits per heavy atom. The van der Waals surface area contributed by atoms with E-state index in [1.54, 1.807) is 25.3 Å². The molecule has 0 fully saturated rings. The van der Waals surface area contributed by atoms with Gasteiger partial charge in [0, 0.05) is 11.4 Å². The number of aryl methyl sites for hydroxylation is 1. The molecule has 0 aliphatic rings. The van der Waals surface area contributed by atoms with Gasteiger partial charge in [-0.15, -0.1) is 0 Å². The molecule has 0 aliphatic carbocycles. The summed E-state index contributed by atoms with van der Waals surface area (Å²) >= 11 is 0. The Morgan fingerprint density at radius 1 is 1.21 bits per heavy atom. The fourth-order valence-corrected chi connectivity index (χ4v) is 2.11. The lowest BCUT2D eigenvalue weighted by atomic mass is 10.0. The zero-order valence-electron chi connectivity index (χ0n) is 11.6. The fraction of sp³-hybridized carbons (Fsp3) is 0.267. The van der Waals surface area contributed by atoms with Gasteiger partial charge in [-0.3, -0.25) is 4.79 Å². The molecule has 0 saturated heterocycles. The molecule has 4 heteroatoms. The summed E-state index contributed by atoms with van der Waals surface area (Å²) in [6.07, 6.45) is 0. The molecule has 4 nitrogen and oxygen atoms in total. The molecule has 2 aromatic rings. The number of methoxy groups -OCH3 is 1. The van der Waals surface area contributed by atoms with Crippen molar-refractivity contribution in [1.29, 1.82) is 0 Å². The van der Waals surface area contributed by atoms with Crippen molar-refractivity contribution < 1.29 is 9.53 Å². The number of hydrogen-bond acceptors (Lipinski definition) is 3. The van der Waals surface area contributed by atoms with Gasteiger partial charge in [0.2, 0.25) is 5.78 Å². The van der Waals surface area contributed by atoms with Gasteiger partial charge in [-0.2, -0.15) is 0 Å². The summed E-state index contributed by atoms with van der Waals surface area (Å²) < 4.78 is 5.23. The molecule has 0 atom stereocenters. The number of nitrogens with one attached hydrogen (secondary N) is 1. The van der Waals surface area contributed by atoms with Crippen molar-refractivity contribution in [3.8, 4) is 5.75 Å². The molecule has 0 aliphatic heterocycles. The molecule has 0 saturated carbocycles. The van der Waals surface area contributed by atoms with Crippen LogP contribution in [0.2, 0.25) is 0 Å². The second-order valence-electron chi connectivity index (χ2n) is 4.66. The van der Waals surface area contributed by atoms with Gasteiger partial charge in [0.15, 0.2) is 0 Å². The minimum atomic E-state index is -0.0992. The van der Waals surface area contributed by atoms with Crippen molar-refractivity contribution in [2.24, 2.45) is 0 Å². The molecular weight excluding hydrogens is 240 g/mol. The zero-order chi connectivity index (χ0) is 14.2. The maximum atomic E-state index is 12.6. The van der Waals surface area contributed by atoms with Crippen LogP contribution in [0.1, 0.15) is 32.9 Å². The van der Waals surface area contributed by atoms with Crippen molar-refractivity contribution >= 4 is 11.5 Å². The Labute approximate surface area is 112 Å². The molecule has 3 N–H and O–H groups in total. The molecule has 100 valence electrons. The molecule has 2 rings (SSSR count). The number of aromatic amines is 1. The van der Waals surface area contributed by atoms with Gasteiger partial charge in [0.05, 0.1) is 18.4 Å². The molecule has 0 radical (unpaired) electrons. The van der Waals surface area contributed by atoms with E-state index in [0.717, 1.165) is 16.8 Å². The first-order chi connectivity index (χ1) is 8.95. The molecule has 0 amide bonds. The Balaban J connectivity index is 2.55. The predicted octanol–water partition coefficient (Wildman–Crippen LogP) is 2.76. The maximum Gasteiger partial charge on any atom is 0.213 e. The highest BCUT2D eigenvalue weighted by Gasteiger charge is 2.20. The van der Waals surface area contributed by atoms with Crippen LogP contribution in [0.4, 0.5) is 5.69 Å². The van der Waals surface area contributed by atoms with Gasteiger partial charge < -0.3 is 15.5 Å². The standard InChI is InChI=1S/C15H18N2O2/c1-8-9(2)14(17-10(8)3)15(18)12-7-11(16)5-6-13(12)19-4/h5-7,17H,16H2,1-4H3. The first kappa shape index (κ1) is 13.2. The summed E-state index contributed by atoms with van der Waals surface area (Å²) in [4.78, 5) is 15.7. The van der Waals surface area contributed by atoms with Gasteiger partial charge in [-0.05, 0) is 50.1 Å². The summed E-state index contributed by atoms with van der Waals surface area (Å²) in [7, 11) is 1.54. The number of ether oxygens (including phenoxy) is 1. The quantitative estimate of drug-likeness (QED) is 0.657. The molecule has 0 bridgehead atoms. The smallest absolute Gasteiger partial charge is 0.213 e. The fourth-order valence-electron chi connectivity index (χ4n) is 2.11. The van der Waals surface area contributed by atoms with Crippen molar-refractivity contribution in [3.63, 3.8) is 0 Å². The summed E-state index contributed by atoms with van der Waals surface area (Å²) in [5, 5.41) is 0. The largest absolute Gasteiger partial charge is 0.496 e. The van der Waals surface area contributed by atoms with Crippen LogP contribution in [0.25, 0.3) is 0 Å². The van der Waals surface area contributed by atoms with Crippen LogP contribution in [0.3, 0.4) is 0 Å². The second-order valence-corrected chi connectivity index (χ2v) is 4.66. The third-order valence-electron chi connectivity index (χ3n) is 3.51. The number of rotatable bonds is 3. The molecular formula is C15H18N2O2. The minimum Gasteiger partial charge on any atom is -0.496 e. The normalized spacial score (nSPS) is 10.5. The Bertz CT molecular complexity index is 642. The van der Waals surface area contributed by atoms with Crippen LogP contribution in [-0.4, -0.2) is 17.9 Å². The lowest BCUT2D eigenvalue weighted by Crippen LogP contribution is -2.07. The minimum absolute atomic E-state index is 0.0992. The SMILES string of the molecule is COc1ccc(N)cc1C(=O)c1[nH]c(C)c(C)c1C. The van der Waals surface area contributed by atoms with E-state index in [-0.39, 0.29) is 5.78 Å². The number of carbonyl (C=O) groups is 1. The number of ketones is 1. The zero-order valence-corrected chi connectivity index (χ0v) is 11.6.